The molecule has 2 aromatic rings. The molecule has 0 bridgehead atoms. The van der Waals surface area contributed by atoms with Crippen LogP contribution >= 0.6 is 0 Å². The largest absolute Gasteiger partial charge is 0.477 e. The Kier molecular flexibility index (Phi) is 3.06. The Morgan fingerprint density at radius 1 is 1.26 bits per heavy atom. The topological polar surface area (TPSA) is 92.0 Å². The summed E-state index contributed by atoms with van der Waals surface area (Å²) in [5, 5.41) is 15.3. The highest BCUT2D eigenvalue weighted by Gasteiger charge is 2.19. The van der Waals surface area contributed by atoms with Gasteiger partial charge in [0.15, 0.2) is 11.5 Å². The van der Waals surface area contributed by atoms with E-state index in [0.29, 0.717) is 5.56 Å². The number of aromatic nitrogens is 2. The van der Waals surface area contributed by atoms with Crippen molar-refractivity contribution in [2.24, 2.45) is 0 Å². The van der Waals surface area contributed by atoms with Gasteiger partial charge in [-0.15, -0.1) is 0 Å². The fourth-order valence-corrected chi connectivity index (χ4v) is 1.94. The maximum absolute atomic E-state index is 11.1. The average molecular weight is 259 g/mol. The van der Waals surface area contributed by atoms with Crippen molar-refractivity contribution < 1.29 is 9.90 Å². The average Bonchev–Trinajstić information content (AvgIpc) is 2.70. The van der Waals surface area contributed by atoms with Gasteiger partial charge in [-0.3, -0.25) is 5.10 Å². The first-order chi connectivity index (χ1) is 8.80. The van der Waals surface area contributed by atoms with Gasteiger partial charge in [-0.05, 0) is 16.5 Å². The molecule has 4 N–H and O–H groups in total. The Morgan fingerprint density at radius 2 is 1.84 bits per heavy atom. The van der Waals surface area contributed by atoms with Gasteiger partial charge in [-0.25, -0.2) is 4.79 Å². The van der Waals surface area contributed by atoms with Gasteiger partial charge in [0.1, 0.15) is 0 Å². The second kappa shape index (κ2) is 4.42. The fourth-order valence-electron chi connectivity index (χ4n) is 1.94. The normalized spacial score (nSPS) is 11.5. The first-order valence-electron chi connectivity index (χ1n) is 5.98. The molecule has 0 saturated heterocycles. The number of rotatable bonds is 2. The lowest BCUT2D eigenvalue weighted by molar-refractivity contribution is 0.0691. The quantitative estimate of drug-likeness (QED) is 0.773. The van der Waals surface area contributed by atoms with Crippen LogP contribution in [0.1, 0.15) is 36.8 Å². The molecule has 0 aliphatic heterocycles. The second-order valence-corrected chi connectivity index (χ2v) is 5.49. The molecule has 0 aliphatic carbocycles. The Morgan fingerprint density at radius 3 is 2.32 bits per heavy atom. The van der Waals surface area contributed by atoms with E-state index in [4.69, 9.17) is 10.8 Å². The molecule has 1 heterocycles. The molecule has 0 saturated carbocycles. The van der Waals surface area contributed by atoms with Gasteiger partial charge in [-0.2, -0.15) is 5.10 Å². The van der Waals surface area contributed by atoms with Crippen molar-refractivity contribution in [1.29, 1.82) is 0 Å². The number of carboxylic acid groups (broad SMARTS) is 1. The Labute approximate surface area is 111 Å². The first-order valence-corrected chi connectivity index (χ1v) is 5.98. The summed E-state index contributed by atoms with van der Waals surface area (Å²) in [7, 11) is 0. The second-order valence-electron chi connectivity index (χ2n) is 5.49. The van der Waals surface area contributed by atoms with Crippen molar-refractivity contribution in [2.45, 2.75) is 26.2 Å². The van der Waals surface area contributed by atoms with E-state index in [0.717, 1.165) is 5.56 Å². The van der Waals surface area contributed by atoms with Crippen LogP contribution < -0.4 is 5.73 Å². The minimum absolute atomic E-state index is 0.0148. The summed E-state index contributed by atoms with van der Waals surface area (Å²) in [5.41, 5.74) is 8.16. The zero-order chi connectivity index (χ0) is 14.2. The highest BCUT2D eigenvalue weighted by atomic mass is 16.4. The maximum Gasteiger partial charge on any atom is 0.354 e. The lowest BCUT2D eigenvalue weighted by Gasteiger charge is -2.19. The van der Waals surface area contributed by atoms with Crippen LogP contribution in [0.3, 0.4) is 0 Å². The van der Waals surface area contributed by atoms with Crippen LogP contribution in [-0.2, 0) is 5.41 Å². The summed E-state index contributed by atoms with van der Waals surface area (Å²) in [6, 6.07) is 7.70. The molecule has 0 aliphatic rings. The Bertz CT molecular complexity index is 607. The molecule has 5 nitrogen and oxygen atoms in total. The number of nitrogens with one attached hydrogen (secondary N) is 1. The zero-order valence-electron chi connectivity index (χ0n) is 11.2. The number of carbonyl (C=O) groups is 1. The standard InChI is InChI=1S/C14H17N3O2/c1-14(2,3)9-6-4-8(5-7-9)10-11(13(18)19)16-17-12(10)15/h4-7H,1-3H3,(H,18,19)(H3,15,16,17). The number of carboxylic acids is 1. The minimum atomic E-state index is -1.07. The van der Waals surface area contributed by atoms with Crippen LogP contribution in [0.4, 0.5) is 5.82 Å². The fraction of sp³-hybridized carbons (Fsp3) is 0.286. The van der Waals surface area contributed by atoms with Gasteiger partial charge in [-0.1, -0.05) is 45.0 Å². The lowest BCUT2D eigenvalue weighted by Crippen LogP contribution is -2.10. The highest BCUT2D eigenvalue weighted by molar-refractivity contribution is 5.97. The summed E-state index contributed by atoms with van der Waals surface area (Å²) < 4.78 is 0. The number of nitrogens with two attached hydrogens (primary N) is 1. The van der Waals surface area contributed by atoms with Crippen LogP contribution in [-0.4, -0.2) is 21.3 Å². The van der Waals surface area contributed by atoms with Crippen molar-refractivity contribution in [3.63, 3.8) is 0 Å². The van der Waals surface area contributed by atoms with Gasteiger partial charge in [0.25, 0.3) is 0 Å². The molecule has 0 unspecified atom stereocenters. The molecule has 0 amide bonds. The van der Waals surface area contributed by atoms with Crippen molar-refractivity contribution >= 4 is 11.8 Å². The lowest BCUT2D eigenvalue weighted by atomic mass is 9.86. The van der Waals surface area contributed by atoms with Gasteiger partial charge >= 0.3 is 5.97 Å². The summed E-state index contributed by atoms with van der Waals surface area (Å²) >= 11 is 0. The number of benzene rings is 1. The molecule has 100 valence electrons. The molecule has 0 radical (unpaired) electrons. The van der Waals surface area contributed by atoms with Crippen LogP contribution in [0.25, 0.3) is 11.1 Å². The summed E-state index contributed by atoms with van der Waals surface area (Å²) in [6.45, 7) is 6.37. The Hall–Kier alpha value is -2.30. The van der Waals surface area contributed by atoms with E-state index in [-0.39, 0.29) is 16.9 Å². The van der Waals surface area contributed by atoms with Gasteiger partial charge in [0.2, 0.25) is 0 Å². The summed E-state index contributed by atoms with van der Waals surface area (Å²) in [5.74, 6) is -0.875. The number of aromatic amines is 1. The monoisotopic (exact) mass is 259 g/mol. The molecule has 0 spiro atoms. The van der Waals surface area contributed by atoms with E-state index in [9.17, 15) is 4.79 Å². The number of nitrogens with zero attached hydrogens (tertiary/aromatic N) is 1. The molecule has 1 aromatic carbocycles. The molecule has 5 heteroatoms. The highest BCUT2D eigenvalue weighted by Crippen LogP contribution is 2.30. The smallest absolute Gasteiger partial charge is 0.354 e. The number of H-pyrrole nitrogens is 1. The van der Waals surface area contributed by atoms with E-state index in [1.807, 2.05) is 24.3 Å². The zero-order valence-corrected chi connectivity index (χ0v) is 11.2. The van der Waals surface area contributed by atoms with Crippen LogP contribution in [0, 0.1) is 0 Å². The minimum Gasteiger partial charge on any atom is -0.477 e. The van der Waals surface area contributed by atoms with Gasteiger partial charge in [0, 0.05) is 0 Å². The third kappa shape index (κ3) is 2.45. The molecule has 2 rings (SSSR count). The maximum atomic E-state index is 11.1. The predicted molar refractivity (Wildman–Crippen MR) is 74.1 cm³/mol. The summed E-state index contributed by atoms with van der Waals surface area (Å²) in [6.07, 6.45) is 0. The summed E-state index contributed by atoms with van der Waals surface area (Å²) in [4.78, 5) is 11.1. The molecular weight excluding hydrogens is 242 g/mol. The third-order valence-corrected chi connectivity index (χ3v) is 3.05. The van der Waals surface area contributed by atoms with Crippen LogP contribution in [0.15, 0.2) is 24.3 Å². The van der Waals surface area contributed by atoms with Crippen molar-refractivity contribution in [2.75, 3.05) is 5.73 Å². The SMILES string of the molecule is CC(C)(C)c1ccc(-c2c(N)n[nH]c2C(=O)O)cc1. The number of hydrogen-bond acceptors (Lipinski definition) is 3. The van der Waals surface area contributed by atoms with Crippen LogP contribution in [0.2, 0.25) is 0 Å². The first kappa shape index (κ1) is 13.1. The van der Waals surface area contributed by atoms with E-state index in [2.05, 4.69) is 31.0 Å². The predicted octanol–water partition coefficient (Wildman–Crippen LogP) is 2.65. The molecule has 1 aromatic heterocycles. The third-order valence-electron chi connectivity index (χ3n) is 3.05. The molecule has 0 atom stereocenters. The van der Waals surface area contributed by atoms with Gasteiger partial charge < -0.3 is 10.8 Å². The van der Waals surface area contributed by atoms with Gasteiger partial charge in [0.05, 0.1) is 5.56 Å². The van der Waals surface area contributed by atoms with E-state index in [1.54, 1.807) is 0 Å². The molecule has 0 fully saturated rings. The number of hydrogen-bond donors (Lipinski definition) is 3. The van der Waals surface area contributed by atoms with Crippen LogP contribution in [0.5, 0.6) is 0 Å². The van der Waals surface area contributed by atoms with Crippen molar-refractivity contribution in [1.82, 2.24) is 10.2 Å². The number of nitrogen functional groups attached to an aromatic ring is 1. The van der Waals surface area contributed by atoms with Crippen molar-refractivity contribution in [3.8, 4) is 11.1 Å². The molecule has 19 heavy (non-hydrogen) atoms. The Balaban J connectivity index is 2.49. The number of aromatic carboxylic acids is 1. The van der Waals surface area contributed by atoms with Crippen molar-refractivity contribution in [3.05, 3.63) is 35.5 Å². The van der Waals surface area contributed by atoms with E-state index >= 15 is 0 Å². The van der Waals surface area contributed by atoms with E-state index in [1.165, 1.54) is 5.56 Å². The molecular formula is C14H17N3O2. The number of anilines is 1. The van der Waals surface area contributed by atoms with E-state index < -0.39 is 5.97 Å².